The summed E-state index contributed by atoms with van der Waals surface area (Å²) in [4.78, 5) is 16.4. The molecule has 1 heterocycles. The number of anilines is 1. The summed E-state index contributed by atoms with van der Waals surface area (Å²) in [6, 6.07) is 21.8. The molecule has 0 bridgehead atoms. The minimum Gasteiger partial charge on any atom is -0.437 e. The Balaban J connectivity index is 1.81. The van der Waals surface area contributed by atoms with Crippen molar-refractivity contribution in [2.24, 2.45) is 0 Å². The maximum Gasteiger partial charge on any atom is 0.255 e. The predicted octanol–water partition coefficient (Wildman–Crippen LogP) is 4.13. The lowest BCUT2D eigenvalue weighted by atomic mass is 10.2. The van der Waals surface area contributed by atoms with Crippen LogP contribution in [0.2, 0.25) is 0 Å². The Morgan fingerprint density at radius 1 is 0.864 bits per heavy atom. The number of hydrogen-bond acceptors (Lipinski definition) is 3. The summed E-state index contributed by atoms with van der Waals surface area (Å²) in [5.74, 6) is 0.820. The van der Waals surface area contributed by atoms with Gasteiger partial charge in [0.1, 0.15) is 11.4 Å². The summed E-state index contributed by atoms with van der Waals surface area (Å²) in [6.45, 7) is 0. The molecule has 0 saturated heterocycles. The molecule has 0 aliphatic heterocycles. The van der Waals surface area contributed by atoms with Crippen LogP contribution in [-0.4, -0.2) is 10.9 Å². The second kappa shape index (κ2) is 6.54. The van der Waals surface area contributed by atoms with E-state index in [1.165, 1.54) is 0 Å². The molecule has 1 N–H and O–H groups in total. The molecule has 0 spiro atoms. The fourth-order valence-electron chi connectivity index (χ4n) is 1.95. The van der Waals surface area contributed by atoms with Crippen molar-refractivity contribution in [2.75, 3.05) is 5.32 Å². The highest BCUT2D eigenvalue weighted by Crippen LogP contribution is 2.26. The molecule has 4 heteroatoms. The van der Waals surface area contributed by atoms with Crippen molar-refractivity contribution in [3.05, 3.63) is 84.6 Å². The van der Waals surface area contributed by atoms with Crippen molar-refractivity contribution in [3.8, 4) is 11.6 Å². The predicted molar refractivity (Wildman–Crippen MR) is 85.1 cm³/mol. The fourth-order valence-corrected chi connectivity index (χ4v) is 1.95. The third kappa shape index (κ3) is 3.30. The fraction of sp³-hybridized carbons (Fsp3) is 0. The lowest BCUT2D eigenvalue weighted by Crippen LogP contribution is -2.12. The minimum atomic E-state index is -0.202. The number of carbonyl (C=O) groups is 1. The van der Waals surface area contributed by atoms with Crippen LogP contribution in [0.25, 0.3) is 0 Å². The molecule has 2 aromatic carbocycles. The molecule has 0 saturated carbocycles. The summed E-state index contributed by atoms with van der Waals surface area (Å²) in [5.41, 5.74) is 1.11. The standard InChI is InChI=1S/C18H14N2O2/c21-17(14-8-3-1-4-9-14)20-16-12-7-13-19-18(16)22-15-10-5-2-6-11-15/h1-13H,(H,20,21). The van der Waals surface area contributed by atoms with E-state index in [4.69, 9.17) is 4.74 Å². The van der Waals surface area contributed by atoms with E-state index in [1.807, 2.05) is 48.5 Å². The number of ether oxygens (including phenoxy) is 1. The highest BCUT2D eigenvalue weighted by molar-refractivity contribution is 6.04. The topological polar surface area (TPSA) is 51.2 Å². The zero-order chi connectivity index (χ0) is 15.2. The number of rotatable bonds is 4. The molecule has 3 aromatic rings. The molecule has 3 rings (SSSR count). The molecule has 1 aromatic heterocycles. The van der Waals surface area contributed by atoms with Gasteiger partial charge in [0, 0.05) is 11.8 Å². The van der Waals surface area contributed by atoms with E-state index in [-0.39, 0.29) is 5.91 Å². The molecule has 4 nitrogen and oxygen atoms in total. The van der Waals surface area contributed by atoms with Crippen LogP contribution in [0.5, 0.6) is 11.6 Å². The maximum absolute atomic E-state index is 12.2. The third-order valence-electron chi connectivity index (χ3n) is 3.01. The number of hydrogen-bond donors (Lipinski definition) is 1. The molecule has 22 heavy (non-hydrogen) atoms. The molecule has 0 radical (unpaired) electrons. The number of nitrogens with zero attached hydrogens (tertiary/aromatic N) is 1. The van der Waals surface area contributed by atoms with Crippen LogP contribution < -0.4 is 10.1 Å². The summed E-state index contributed by atoms with van der Waals surface area (Å²) < 4.78 is 5.72. The van der Waals surface area contributed by atoms with Crippen molar-refractivity contribution in [1.29, 1.82) is 0 Å². The number of pyridine rings is 1. The van der Waals surface area contributed by atoms with Gasteiger partial charge < -0.3 is 10.1 Å². The molecule has 1 amide bonds. The van der Waals surface area contributed by atoms with Gasteiger partial charge in [-0.3, -0.25) is 4.79 Å². The van der Waals surface area contributed by atoms with E-state index in [9.17, 15) is 4.79 Å². The lowest BCUT2D eigenvalue weighted by Gasteiger charge is -2.11. The summed E-state index contributed by atoms with van der Waals surface area (Å²) in [6.07, 6.45) is 1.62. The number of benzene rings is 2. The average Bonchev–Trinajstić information content (AvgIpc) is 2.58. The minimum absolute atomic E-state index is 0.202. The number of para-hydroxylation sites is 1. The first-order chi connectivity index (χ1) is 10.8. The van der Waals surface area contributed by atoms with Gasteiger partial charge in [0.15, 0.2) is 0 Å². The van der Waals surface area contributed by atoms with Gasteiger partial charge in [-0.25, -0.2) is 4.98 Å². The Bertz CT molecular complexity index is 758. The summed E-state index contributed by atoms with van der Waals surface area (Å²) in [5, 5.41) is 2.82. The van der Waals surface area contributed by atoms with Crippen LogP contribution in [0.15, 0.2) is 79.0 Å². The van der Waals surface area contributed by atoms with E-state index >= 15 is 0 Å². The normalized spacial score (nSPS) is 10.0. The highest BCUT2D eigenvalue weighted by Gasteiger charge is 2.11. The monoisotopic (exact) mass is 290 g/mol. The number of nitrogens with one attached hydrogen (secondary N) is 1. The van der Waals surface area contributed by atoms with E-state index in [0.29, 0.717) is 22.9 Å². The second-order valence-corrected chi connectivity index (χ2v) is 4.59. The van der Waals surface area contributed by atoms with Gasteiger partial charge >= 0.3 is 0 Å². The Morgan fingerprint density at radius 3 is 2.27 bits per heavy atom. The molecule has 0 atom stereocenters. The quantitative estimate of drug-likeness (QED) is 0.786. The first-order valence-corrected chi connectivity index (χ1v) is 6.87. The number of carbonyl (C=O) groups excluding carboxylic acids is 1. The molecule has 0 unspecified atom stereocenters. The third-order valence-corrected chi connectivity index (χ3v) is 3.01. The number of aromatic nitrogens is 1. The van der Waals surface area contributed by atoms with Crippen molar-refractivity contribution in [2.45, 2.75) is 0 Å². The van der Waals surface area contributed by atoms with Crippen molar-refractivity contribution < 1.29 is 9.53 Å². The van der Waals surface area contributed by atoms with E-state index in [0.717, 1.165) is 0 Å². The zero-order valence-corrected chi connectivity index (χ0v) is 11.8. The Hall–Kier alpha value is -3.14. The van der Waals surface area contributed by atoms with Crippen LogP contribution in [-0.2, 0) is 0 Å². The summed E-state index contributed by atoms with van der Waals surface area (Å²) >= 11 is 0. The lowest BCUT2D eigenvalue weighted by molar-refractivity contribution is 0.102. The van der Waals surface area contributed by atoms with Gasteiger partial charge in [0.2, 0.25) is 5.88 Å². The molecular weight excluding hydrogens is 276 g/mol. The van der Waals surface area contributed by atoms with E-state index in [2.05, 4.69) is 10.3 Å². The first kappa shape index (κ1) is 13.8. The summed E-state index contributed by atoms with van der Waals surface area (Å²) in [7, 11) is 0. The average molecular weight is 290 g/mol. The van der Waals surface area contributed by atoms with Gasteiger partial charge in [-0.1, -0.05) is 36.4 Å². The van der Waals surface area contributed by atoms with Gasteiger partial charge in [-0.05, 0) is 36.4 Å². The van der Waals surface area contributed by atoms with Crippen LogP contribution >= 0.6 is 0 Å². The van der Waals surface area contributed by atoms with E-state index < -0.39 is 0 Å². The van der Waals surface area contributed by atoms with Gasteiger partial charge in [0.05, 0.1) is 0 Å². The Morgan fingerprint density at radius 2 is 1.55 bits per heavy atom. The Kier molecular flexibility index (Phi) is 4.11. The van der Waals surface area contributed by atoms with Crippen LogP contribution in [0, 0.1) is 0 Å². The van der Waals surface area contributed by atoms with Gasteiger partial charge in [-0.2, -0.15) is 0 Å². The van der Waals surface area contributed by atoms with Crippen LogP contribution in [0.1, 0.15) is 10.4 Å². The second-order valence-electron chi connectivity index (χ2n) is 4.59. The van der Waals surface area contributed by atoms with Gasteiger partial charge in [0.25, 0.3) is 5.91 Å². The first-order valence-electron chi connectivity index (χ1n) is 6.87. The molecule has 108 valence electrons. The van der Waals surface area contributed by atoms with E-state index in [1.54, 1.807) is 30.5 Å². The molecule has 0 fully saturated rings. The SMILES string of the molecule is O=C(Nc1cccnc1Oc1ccccc1)c1ccccc1. The molecule has 0 aliphatic carbocycles. The smallest absolute Gasteiger partial charge is 0.255 e. The maximum atomic E-state index is 12.2. The number of amides is 1. The molecule has 0 aliphatic rings. The van der Waals surface area contributed by atoms with Crippen molar-refractivity contribution >= 4 is 11.6 Å². The van der Waals surface area contributed by atoms with Gasteiger partial charge in [-0.15, -0.1) is 0 Å². The highest BCUT2D eigenvalue weighted by atomic mass is 16.5. The van der Waals surface area contributed by atoms with Crippen molar-refractivity contribution in [3.63, 3.8) is 0 Å². The van der Waals surface area contributed by atoms with Crippen molar-refractivity contribution in [1.82, 2.24) is 4.98 Å². The van der Waals surface area contributed by atoms with Crippen LogP contribution in [0.4, 0.5) is 5.69 Å². The molecular formula is C18H14N2O2. The van der Waals surface area contributed by atoms with Crippen LogP contribution in [0.3, 0.4) is 0 Å². The largest absolute Gasteiger partial charge is 0.437 e. The zero-order valence-electron chi connectivity index (χ0n) is 11.8. The Labute approximate surface area is 128 Å².